The molecule has 0 unspecified atom stereocenters. The average Bonchev–Trinajstić information content (AvgIpc) is 2.42. The number of hydrogen-bond donors (Lipinski definition) is 1. The monoisotopic (exact) mass is 137 g/mol. The Balaban J connectivity index is 2.26. The zero-order chi connectivity index (χ0) is 7.14. The highest BCUT2D eigenvalue weighted by atomic mass is 15.0. The van der Waals surface area contributed by atoms with Crippen LogP contribution in [0, 0.1) is 0 Å². The maximum Gasteiger partial charge on any atom is 0.0945 e. The van der Waals surface area contributed by atoms with E-state index in [-0.39, 0.29) is 0 Å². The van der Waals surface area contributed by atoms with Crippen molar-refractivity contribution in [2.24, 2.45) is 12.8 Å². The van der Waals surface area contributed by atoms with Crippen LogP contribution < -0.4 is 5.73 Å². The molecule has 1 saturated carbocycles. The summed E-state index contributed by atoms with van der Waals surface area (Å²) in [5.41, 5.74) is 6.96. The molecule has 3 heteroatoms. The highest BCUT2D eigenvalue weighted by Crippen LogP contribution is 2.38. The van der Waals surface area contributed by atoms with Gasteiger partial charge in [-0.05, 0) is 6.42 Å². The van der Waals surface area contributed by atoms with Crippen LogP contribution in [-0.4, -0.2) is 15.6 Å². The van der Waals surface area contributed by atoms with E-state index in [0.717, 1.165) is 6.42 Å². The molecule has 0 saturated heterocycles. The average molecular weight is 137 g/mol. The molecule has 0 amide bonds. The second kappa shape index (κ2) is 1.83. The lowest BCUT2D eigenvalue weighted by molar-refractivity contribution is 0.810. The van der Waals surface area contributed by atoms with E-state index >= 15 is 0 Å². The summed E-state index contributed by atoms with van der Waals surface area (Å²) in [6, 6.07) is 0.385. The van der Waals surface area contributed by atoms with Crippen LogP contribution in [0.4, 0.5) is 0 Å². The Morgan fingerprint density at radius 3 is 2.90 bits per heavy atom. The molecule has 0 aromatic carbocycles. The van der Waals surface area contributed by atoms with Gasteiger partial charge in [-0.25, -0.2) is 4.98 Å². The van der Waals surface area contributed by atoms with Gasteiger partial charge in [0.05, 0.1) is 6.33 Å². The smallest absolute Gasteiger partial charge is 0.0945 e. The van der Waals surface area contributed by atoms with Crippen LogP contribution in [0.2, 0.25) is 0 Å². The summed E-state index contributed by atoms with van der Waals surface area (Å²) in [5.74, 6) is 0.576. The van der Waals surface area contributed by atoms with Gasteiger partial charge in [-0.3, -0.25) is 0 Å². The van der Waals surface area contributed by atoms with Crippen LogP contribution in [0.1, 0.15) is 18.0 Å². The van der Waals surface area contributed by atoms with Crippen molar-refractivity contribution in [3.05, 3.63) is 18.2 Å². The summed E-state index contributed by atoms with van der Waals surface area (Å²) in [7, 11) is 2.01. The van der Waals surface area contributed by atoms with Gasteiger partial charge in [0.15, 0.2) is 0 Å². The quantitative estimate of drug-likeness (QED) is 0.602. The molecule has 1 fully saturated rings. The van der Waals surface area contributed by atoms with Crippen molar-refractivity contribution in [3.63, 3.8) is 0 Å². The molecule has 1 heterocycles. The Kier molecular flexibility index (Phi) is 1.08. The first-order valence-electron chi connectivity index (χ1n) is 3.51. The highest BCUT2D eigenvalue weighted by Gasteiger charge is 2.36. The third-order valence-electron chi connectivity index (χ3n) is 2.07. The first-order chi connectivity index (χ1) is 4.79. The number of aryl methyl sites for hydroxylation is 1. The summed E-state index contributed by atoms with van der Waals surface area (Å²) in [5, 5.41) is 0. The lowest BCUT2D eigenvalue weighted by Crippen LogP contribution is -2.03. The van der Waals surface area contributed by atoms with Crippen LogP contribution in [0.15, 0.2) is 12.5 Å². The number of imidazole rings is 1. The van der Waals surface area contributed by atoms with Crippen molar-refractivity contribution < 1.29 is 0 Å². The molecule has 1 aromatic heterocycles. The van der Waals surface area contributed by atoms with Crippen LogP contribution in [0.5, 0.6) is 0 Å². The summed E-state index contributed by atoms with van der Waals surface area (Å²) in [6.07, 6.45) is 4.84. The molecule has 1 aliphatic rings. The van der Waals surface area contributed by atoms with Gasteiger partial charge in [-0.15, -0.1) is 0 Å². The molecular formula is C7H11N3. The fourth-order valence-electron chi connectivity index (χ4n) is 1.28. The van der Waals surface area contributed by atoms with E-state index in [1.54, 1.807) is 0 Å². The lowest BCUT2D eigenvalue weighted by atomic mass is 10.3. The molecule has 3 nitrogen and oxygen atoms in total. The topological polar surface area (TPSA) is 43.8 Å². The summed E-state index contributed by atoms with van der Waals surface area (Å²) in [6.45, 7) is 0. The van der Waals surface area contributed by atoms with E-state index < -0.39 is 0 Å². The molecule has 0 spiro atoms. The van der Waals surface area contributed by atoms with Crippen molar-refractivity contribution in [1.82, 2.24) is 9.55 Å². The lowest BCUT2D eigenvalue weighted by Gasteiger charge is -1.96. The van der Waals surface area contributed by atoms with E-state index in [4.69, 9.17) is 5.73 Å². The van der Waals surface area contributed by atoms with E-state index in [9.17, 15) is 0 Å². The molecule has 0 radical (unpaired) electrons. The number of rotatable bonds is 1. The summed E-state index contributed by atoms with van der Waals surface area (Å²) < 4.78 is 2.04. The zero-order valence-electron chi connectivity index (χ0n) is 5.99. The fourth-order valence-corrected chi connectivity index (χ4v) is 1.28. The van der Waals surface area contributed by atoms with Crippen LogP contribution in [0.25, 0.3) is 0 Å². The van der Waals surface area contributed by atoms with E-state index in [1.807, 2.05) is 24.1 Å². The fraction of sp³-hybridized carbons (Fsp3) is 0.571. The third-order valence-corrected chi connectivity index (χ3v) is 2.07. The maximum atomic E-state index is 5.69. The molecule has 10 heavy (non-hydrogen) atoms. The van der Waals surface area contributed by atoms with Gasteiger partial charge in [0, 0.05) is 30.9 Å². The Labute approximate surface area is 59.9 Å². The van der Waals surface area contributed by atoms with E-state index in [2.05, 4.69) is 4.98 Å². The first kappa shape index (κ1) is 5.92. The number of aromatic nitrogens is 2. The largest absolute Gasteiger partial charge is 0.337 e. The van der Waals surface area contributed by atoms with Gasteiger partial charge >= 0.3 is 0 Å². The molecule has 1 aromatic rings. The van der Waals surface area contributed by atoms with Crippen LogP contribution in [0.3, 0.4) is 0 Å². The SMILES string of the molecule is Cn1cncc1[C@H]1C[C@@H]1N. The maximum absolute atomic E-state index is 5.69. The van der Waals surface area contributed by atoms with Crippen LogP contribution in [-0.2, 0) is 7.05 Å². The van der Waals surface area contributed by atoms with Gasteiger partial charge in [0.25, 0.3) is 0 Å². The van der Waals surface area contributed by atoms with Crippen molar-refractivity contribution in [2.45, 2.75) is 18.4 Å². The van der Waals surface area contributed by atoms with Gasteiger partial charge < -0.3 is 10.3 Å². The predicted molar refractivity (Wildman–Crippen MR) is 38.5 cm³/mol. The van der Waals surface area contributed by atoms with Gasteiger partial charge in [-0.2, -0.15) is 0 Å². The standard InChI is InChI=1S/C7H11N3/c1-10-4-9-3-7(10)5-2-6(5)8/h3-6H,2,8H2,1H3/t5-,6-/m0/s1. The molecule has 2 N–H and O–H groups in total. The number of nitrogens with two attached hydrogens (primary N) is 1. The Morgan fingerprint density at radius 1 is 1.80 bits per heavy atom. The minimum atomic E-state index is 0.385. The number of hydrogen-bond acceptors (Lipinski definition) is 2. The van der Waals surface area contributed by atoms with E-state index in [0.29, 0.717) is 12.0 Å². The minimum Gasteiger partial charge on any atom is -0.337 e. The molecule has 54 valence electrons. The van der Waals surface area contributed by atoms with Crippen molar-refractivity contribution in [2.75, 3.05) is 0 Å². The second-order valence-electron chi connectivity index (χ2n) is 2.94. The van der Waals surface area contributed by atoms with Gasteiger partial charge in [-0.1, -0.05) is 0 Å². The zero-order valence-corrected chi connectivity index (χ0v) is 5.99. The van der Waals surface area contributed by atoms with Gasteiger partial charge in [0.2, 0.25) is 0 Å². The van der Waals surface area contributed by atoms with Gasteiger partial charge in [0.1, 0.15) is 0 Å². The minimum absolute atomic E-state index is 0.385. The first-order valence-corrected chi connectivity index (χ1v) is 3.51. The Morgan fingerprint density at radius 2 is 2.50 bits per heavy atom. The van der Waals surface area contributed by atoms with Crippen molar-refractivity contribution in [3.8, 4) is 0 Å². The Hall–Kier alpha value is -0.830. The predicted octanol–water partition coefficient (Wildman–Crippen LogP) is 0.235. The summed E-state index contributed by atoms with van der Waals surface area (Å²) in [4.78, 5) is 4.02. The molecular weight excluding hydrogens is 126 g/mol. The molecule has 2 rings (SSSR count). The number of nitrogens with zero attached hydrogens (tertiary/aromatic N) is 2. The van der Waals surface area contributed by atoms with Crippen molar-refractivity contribution in [1.29, 1.82) is 0 Å². The molecule has 1 aliphatic carbocycles. The second-order valence-corrected chi connectivity index (χ2v) is 2.94. The van der Waals surface area contributed by atoms with E-state index in [1.165, 1.54) is 5.69 Å². The molecule has 0 aliphatic heterocycles. The normalized spacial score (nSPS) is 30.6. The highest BCUT2D eigenvalue weighted by molar-refractivity contribution is 5.18. The molecule has 0 bridgehead atoms. The summed E-state index contributed by atoms with van der Waals surface area (Å²) >= 11 is 0. The van der Waals surface area contributed by atoms with Crippen molar-refractivity contribution >= 4 is 0 Å². The van der Waals surface area contributed by atoms with Crippen LogP contribution >= 0.6 is 0 Å². The molecule has 2 atom stereocenters. The third kappa shape index (κ3) is 0.743. The Bertz CT molecular complexity index is 241.